The molecule has 0 unspecified atom stereocenters. The van der Waals surface area contributed by atoms with Crippen molar-refractivity contribution in [2.24, 2.45) is 0 Å². The van der Waals surface area contributed by atoms with Gasteiger partial charge in [-0.2, -0.15) is 0 Å². The summed E-state index contributed by atoms with van der Waals surface area (Å²) in [5.74, 6) is 2.20. The van der Waals surface area contributed by atoms with Gasteiger partial charge in [-0.15, -0.1) is 0 Å². The first-order valence-electron chi connectivity index (χ1n) is 11.0. The second-order valence-corrected chi connectivity index (χ2v) is 7.94. The monoisotopic (exact) mass is 464 g/mol. The molecule has 0 saturated carbocycles. The van der Waals surface area contributed by atoms with Crippen LogP contribution in [-0.4, -0.2) is 52.8 Å². The molecule has 0 aliphatic rings. The maximum absolute atomic E-state index is 12.9. The molecule has 0 aromatic heterocycles. The van der Waals surface area contributed by atoms with Gasteiger partial charge in [-0.05, 0) is 55.6 Å². The third kappa shape index (κ3) is 6.20. The number of carbonyl (C=O) groups excluding carboxylic acids is 1. The molecule has 0 fully saturated rings. The Morgan fingerprint density at radius 3 is 2.12 bits per heavy atom. The van der Waals surface area contributed by atoms with Crippen LogP contribution in [0.4, 0.5) is 0 Å². The Hall–Kier alpha value is -3.71. The van der Waals surface area contributed by atoms with E-state index in [-0.39, 0.29) is 11.9 Å². The number of carbonyl (C=O) groups is 1. The third-order valence-corrected chi connectivity index (χ3v) is 5.53. The van der Waals surface area contributed by atoms with Crippen molar-refractivity contribution in [1.29, 1.82) is 0 Å². The van der Waals surface area contributed by atoms with E-state index in [0.717, 1.165) is 11.1 Å². The summed E-state index contributed by atoms with van der Waals surface area (Å²) in [6.45, 7) is 0.828. The lowest BCUT2D eigenvalue weighted by atomic mass is 10.0. The van der Waals surface area contributed by atoms with Gasteiger partial charge in [-0.1, -0.05) is 36.4 Å². The van der Waals surface area contributed by atoms with Gasteiger partial charge in [0.2, 0.25) is 0 Å². The van der Waals surface area contributed by atoms with E-state index in [2.05, 4.69) is 5.32 Å². The summed E-state index contributed by atoms with van der Waals surface area (Å²) in [7, 11) is 8.71. The number of hydrogen-bond acceptors (Lipinski definition) is 6. The molecule has 7 nitrogen and oxygen atoms in total. The van der Waals surface area contributed by atoms with E-state index in [9.17, 15) is 4.79 Å². The molecule has 0 bridgehead atoms. The molecule has 1 amide bonds. The number of nitrogens with one attached hydrogen (secondary N) is 1. The van der Waals surface area contributed by atoms with Crippen molar-refractivity contribution in [2.45, 2.75) is 12.6 Å². The molecule has 7 heteroatoms. The van der Waals surface area contributed by atoms with Gasteiger partial charge >= 0.3 is 0 Å². The number of likely N-dealkylation sites (N-methyl/N-ethyl adjacent to an activating group) is 1. The fourth-order valence-corrected chi connectivity index (χ4v) is 3.61. The number of hydrogen-bond donors (Lipinski definition) is 1. The summed E-state index contributed by atoms with van der Waals surface area (Å²) in [6.07, 6.45) is 0. The zero-order chi connectivity index (χ0) is 24.5. The van der Waals surface area contributed by atoms with Gasteiger partial charge in [0.05, 0.1) is 27.4 Å². The first kappa shape index (κ1) is 24.9. The lowest BCUT2D eigenvalue weighted by molar-refractivity contribution is 0.0941. The third-order valence-electron chi connectivity index (χ3n) is 5.53. The van der Waals surface area contributed by atoms with Gasteiger partial charge in [0, 0.05) is 12.1 Å². The normalized spacial score (nSPS) is 11.6. The van der Waals surface area contributed by atoms with Crippen LogP contribution in [0.5, 0.6) is 23.0 Å². The quantitative estimate of drug-likeness (QED) is 0.456. The zero-order valence-electron chi connectivity index (χ0n) is 20.3. The van der Waals surface area contributed by atoms with E-state index in [1.165, 1.54) is 0 Å². The highest BCUT2D eigenvalue weighted by atomic mass is 16.5. The number of methoxy groups -OCH3 is 3. The molecule has 1 atom stereocenters. The highest BCUT2D eigenvalue weighted by Gasteiger charge is 2.19. The topological polar surface area (TPSA) is 69.3 Å². The van der Waals surface area contributed by atoms with Gasteiger partial charge in [0.15, 0.2) is 23.0 Å². The Labute approximate surface area is 201 Å². The van der Waals surface area contributed by atoms with Gasteiger partial charge < -0.3 is 29.2 Å². The molecule has 0 aliphatic heterocycles. The molecular weight excluding hydrogens is 432 g/mol. The minimum Gasteiger partial charge on any atom is -0.493 e. The van der Waals surface area contributed by atoms with Gasteiger partial charge in [-0.3, -0.25) is 4.79 Å². The lowest BCUT2D eigenvalue weighted by Crippen LogP contribution is -2.34. The molecule has 0 saturated heterocycles. The minimum atomic E-state index is -0.194. The summed E-state index contributed by atoms with van der Waals surface area (Å²) in [4.78, 5) is 15.0. The lowest BCUT2D eigenvalue weighted by Gasteiger charge is -2.26. The number of nitrogens with zero attached hydrogens (tertiary/aromatic N) is 1. The Kier molecular flexibility index (Phi) is 8.76. The number of amides is 1. The van der Waals surface area contributed by atoms with Crippen LogP contribution >= 0.6 is 0 Å². The summed E-state index contributed by atoms with van der Waals surface area (Å²) in [5, 5.41) is 3.02. The Morgan fingerprint density at radius 2 is 1.47 bits per heavy atom. The summed E-state index contributed by atoms with van der Waals surface area (Å²) in [6, 6.07) is 20.8. The van der Waals surface area contributed by atoms with Crippen LogP contribution in [0.25, 0.3) is 0 Å². The summed E-state index contributed by atoms with van der Waals surface area (Å²) >= 11 is 0. The molecule has 0 radical (unpaired) electrons. The molecule has 3 aromatic rings. The molecule has 0 spiro atoms. The first-order valence-corrected chi connectivity index (χ1v) is 11.0. The first-order chi connectivity index (χ1) is 16.5. The van der Waals surface area contributed by atoms with Crippen molar-refractivity contribution >= 4 is 5.91 Å². The highest BCUT2D eigenvalue weighted by Crippen LogP contribution is 2.32. The van der Waals surface area contributed by atoms with Crippen molar-refractivity contribution in [3.8, 4) is 23.0 Å². The molecule has 3 rings (SSSR count). The Balaban J connectivity index is 1.69. The van der Waals surface area contributed by atoms with Crippen molar-refractivity contribution in [3.63, 3.8) is 0 Å². The van der Waals surface area contributed by atoms with Gasteiger partial charge in [0.25, 0.3) is 5.91 Å². The fraction of sp³-hybridized carbons (Fsp3) is 0.296. The van der Waals surface area contributed by atoms with Crippen LogP contribution in [0.1, 0.15) is 27.5 Å². The van der Waals surface area contributed by atoms with Crippen LogP contribution in [-0.2, 0) is 6.61 Å². The number of rotatable bonds is 11. The van der Waals surface area contributed by atoms with Crippen LogP contribution in [0, 0.1) is 0 Å². The SMILES string of the molecule is COc1ccc([C@@H](CNC(=O)c2ccc(OCc3ccccc3)c(OC)c2)N(C)C)cc1OC. The van der Waals surface area contributed by atoms with Crippen LogP contribution in [0.3, 0.4) is 0 Å². The van der Waals surface area contributed by atoms with Gasteiger partial charge in [0.1, 0.15) is 6.61 Å². The zero-order valence-corrected chi connectivity index (χ0v) is 20.3. The van der Waals surface area contributed by atoms with E-state index >= 15 is 0 Å². The van der Waals surface area contributed by atoms with E-state index in [1.807, 2.05) is 67.5 Å². The smallest absolute Gasteiger partial charge is 0.251 e. The Bertz CT molecular complexity index is 1090. The number of benzene rings is 3. The highest BCUT2D eigenvalue weighted by molar-refractivity contribution is 5.94. The van der Waals surface area contributed by atoms with Crippen molar-refractivity contribution in [3.05, 3.63) is 83.4 Å². The van der Waals surface area contributed by atoms with Crippen LogP contribution in [0.15, 0.2) is 66.7 Å². The molecular formula is C27H32N2O5. The van der Waals surface area contributed by atoms with Crippen LogP contribution < -0.4 is 24.3 Å². The number of ether oxygens (including phenoxy) is 4. The Morgan fingerprint density at radius 1 is 0.824 bits per heavy atom. The molecule has 0 heterocycles. The van der Waals surface area contributed by atoms with E-state index < -0.39 is 0 Å². The predicted molar refractivity (Wildman–Crippen MR) is 132 cm³/mol. The maximum atomic E-state index is 12.9. The van der Waals surface area contributed by atoms with Crippen LogP contribution in [0.2, 0.25) is 0 Å². The average molecular weight is 465 g/mol. The summed E-state index contributed by atoms with van der Waals surface area (Å²) < 4.78 is 22.1. The second-order valence-electron chi connectivity index (χ2n) is 7.94. The molecule has 3 aromatic carbocycles. The van der Waals surface area contributed by atoms with E-state index in [1.54, 1.807) is 39.5 Å². The minimum absolute atomic E-state index is 0.0564. The van der Waals surface area contributed by atoms with E-state index in [0.29, 0.717) is 41.7 Å². The largest absolute Gasteiger partial charge is 0.493 e. The van der Waals surface area contributed by atoms with E-state index in [4.69, 9.17) is 18.9 Å². The van der Waals surface area contributed by atoms with Crippen molar-refractivity contribution < 1.29 is 23.7 Å². The average Bonchev–Trinajstić information content (AvgIpc) is 2.87. The molecule has 34 heavy (non-hydrogen) atoms. The second kappa shape index (κ2) is 12.0. The maximum Gasteiger partial charge on any atom is 0.251 e. The van der Waals surface area contributed by atoms with Crippen molar-refractivity contribution in [1.82, 2.24) is 10.2 Å². The molecule has 0 aliphatic carbocycles. The summed E-state index contributed by atoms with van der Waals surface area (Å²) in [5.41, 5.74) is 2.55. The van der Waals surface area contributed by atoms with Gasteiger partial charge in [-0.25, -0.2) is 0 Å². The molecule has 180 valence electrons. The fourth-order valence-electron chi connectivity index (χ4n) is 3.61. The predicted octanol–water partition coefficient (Wildman–Crippen LogP) is 4.32. The standard InChI is InChI=1S/C27H32N2O5/c1-29(2)22(20-11-13-23(31-3)25(15-20)32-4)17-28-27(30)21-12-14-24(26(16-21)33-5)34-18-19-9-7-6-8-10-19/h6-16,22H,17-18H2,1-5H3,(H,28,30)/t22-/m1/s1. The molecule has 1 N–H and O–H groups in total. The van der Waals surface area contributed by atoms with Crippen molar-refractivity contribution in [2.75, 3.05) is 42.0 Å².